The first-order valence-electron chi connectivity index (χ1n) is 5.77. The lowest BCUT2D eigenvalue weighted by Gasteiger charge is -2.09. The molecule has 2 aromatic rings. The molecule has 0 amide bonds. The van der Waals surface area contributed by atoms with E-state index in [2.05, 4.69) is 5.10 Å². The summed E-state index contributed by atoms with van der Waals surface area (Å²) in [5, 5.41) is 4.24. The number of benzene rings is 1. The number of nitrogen functional groups attached to an aromatic ring is 1. The molecule has 0 bridgehead atoms. The van der Waals surface area contributed by atoms with Gasteiger partial charge in [-0.15, -0.1) is 0 Å². The van der Waals surface area contributed by atoms with Crippen molar-refractivity contribution in [2.75, 3.05) is 12.5 Å². The normalized spacial score (nSPS) is 13.1. The Morgan fingerprint density at radius 3 is 2.50 bits per heavy atom. The molecule has 1 aliphatic rings. The lowest BCUT2D eigenvalue weighted by atomic mass is 10.0. The van der Waals surface area contributed by atoms with E-state index >= 15 is 0 Å². The maximum atomic E-state index is 5.85. The molecule has 1 aromatic carbocycles. The summed E-state index contributed by atoms with van der Waals surface area (Å²) in [6.45, 7) is 4.30. The lowest BCUT2D eigenvalue weighted by Crippen LogP contribution is -1.96. The molecule has 0 aliphatic carbocycles. The highest BCUT2D eigenvalue weighted by Crippen LogP contribution is 2.39. The summed E-state index contributed by atoms with van der Waals surface area (Å²) >= 11 is 0. The van der Waals surface area contributed by atoms with E-state index in [-0.39, 0.29) is 6.79 Å². The van der Waals surface area contributed by atoms with Crippen molar-refractivity contribution in [3.05, 3.63) is 23.3 Å². The molecule has 1 aliphatic heterocycles. The van der Waals surface area contributed by atoms with Gasteiger partial charge in [0.15, 0.2) is 11.5 Å². The SMILES string of the molecule is Cc1cc2c(cc1-c1c(C)c(N)nn1C)OCO2. The van der Waals surface area contributed by atoms with Gasteiger partial charge < -0.3 is 15.2 Å². The molecular formula is C13H15N3O2. The zero-order valence-electron chi connectivity index (χ0n) is 10.7. The zero-order chi connectivity index (χ0) is 12.9. The van der Waals surface area contributed by atoms with Crippen LogP contribution >= 0.6 is 0 Å². The van der Waals surface area contributed by atoms with Crippen LogP contribution in [0.4, 0.5) is 5.82 Å². The summed E-state index contributed by atoms with van der Waals surface area (Å²) in [5.41, 5.74) is 10.0. The Morgan fingerprint density at radius 2 is 1.89 bits per heavy atom. The van der Waals surface area contributed by atoms with Crippen LogP contribution in [0.1, 0.15) is 11.1 Å². The Morgan fingerprint density at radius 1 is 1.22 bits per heavy atom. The minimum atomic E-state index is 0.282. The second kappa shape index (κ2) is 3.66. The average Bonchev–Trinajstić information content (AvgIpc) is 2.84. The Bertz CT molecular complexity index is 632. The molecule has 0 radical (unpaired) electrons. The van der Waals surface area contributed by atoms with Gasteiger partial charge >= 0.3 is 0 Å². The van der Waals surface area contributed by atoms with Crippen LogP contribution in [-0.2, 0) is 7.05 Å². The Labute approximate surface area is 105 Å². The summed E-state index contributed by atoms with van der Waals surface area (Å²) in [7, 11) is 1.89. The largest absolute Gasteiger partial charge is 0.454 e. The van der Waals surface area contributed by atoms with E-state index in [4.69, 9.17) is 15.2 Å². The van der Waals surface area contributed by atoms with Crippen molar-refractivity contribution in [1.82, 2.24) is 9.78 Å². The van der Waals surface area contributed by atoms with Gasteiger partial charge in [0.25, 0.3) is 0 Å². The highest BCUT2D eigenvalue weighted by Gasteiger charge is 2.20. The summed E-state index contributed by atoms with van der Waals surface area (Å²) in [5.74, 6) is 2.13. The van der Waals surface area contributed by atoms with Gasteiger partial charge in [-0.3, -0.25) is 4.68 Å². The van der Waals surface area contributed by atoms with Crippen molar-refractivity contribution in [3.63, 3.8) is 0 Å². The fourth-order valence-electron chi connectivity index (χ4n) is 2.33. The predicted octanol–water partition coefficient (Wildman–Crippen LogP) is 2.01. The fourth-order valence-corrected chi connectivity index (χ4v) is 2.33. The molecule has 0 atom stereocenters. The second-order valence-corrected chi connectivity index (χ2v) is 4.50. The Balaban J connectivity index is 2.23. The molecule has 5 nitrogen and oxygen atoms in total. The van der Waals surface area contributed by atoms with Crippen molar-refractivity contribution in [2.24, 2.45) is 7.05 Å². The third-order valence-electron chi connectivity index (χ3n) is 3.30. The summed E-state index contributed by atoms with van der Waals surface area (Å²) in [6, 6.07) is 3.97. The molecule has 0 unspecified atom stereocenters. The molecule has 2 heterocycles. The third kappa shape index (κ3) is 1.44. The molecular weight excluding hydrogens is 230 g/mol. The number of nitrogens with zero attached hydrogens (tertiary/aromatic N) is 2. The molecule has 0 saturated carbocycles. The minimum Gasteiger partial charge on any atom is -0.454 e. The number of rotatable bonds is 1. The number of aryl methyl sites for hydroxylation is 2. The Hall–Kier alpha value is -2.17. The number of hydrogen-bond acceptors (Lipinski definition) is 4. The standard InChI is InChI=1S/C13H15N3O2/c1-7-4-10-11(18-6-17-10)5-9(7)12-8(2)13(14)15-16(12)3/h4-5H,6H2,1-3H3,(H2,14,15). The van der Waals surface area contributed by atoms with Crippen molar-refractivity contribution >= 4 is 5.82 Å². The first kappa shape index (κ1) is 11.0. The molecule has 3 rings (SSSR count). The molecule has 18 heavy (non-hydrogen) atoms. The van der Waals surface area contributed by atoms with E-state index in [1.807, 2.05) is 33.0 Å². The van der Waals surface area contributed by atoms with E-state index in [0.717, 1.165) is 33.9 Å². The number of hydrogen-bond donors (Lipinski definition) is 1. The zero-order valence-corrected chi connectivity index (χ0v) is 10.7. The number of anilines is 1. The van der Waals surface area contributed by atoms with Crippen LogP contribution in [0.3, 0.4) is 0 Å². The van der Waals surface area contributed by atoms with Gasteiger partial charge in [0.1, 0.15) is 5.82 Å². The first-order valence-corrected chi connectivity index (χ1v) is 5.77. The van der Waals surface area contributed by atoms with Crippen LogP contribution in [0.2, 0.25) is 0 Å². The Kier molecular flexibility index (Phi) is 2.23. The van der Waals surface area contributed by atoms with Gasteiger partial charge in [-0.2, -0.15) is 5.10 Å². The van der Waals surface area contributed by atoms with E-state index < -0.39 is 0 Å². The van der Waals surface area contributed by atoms with Crippen LogP contribution in [0, 0.1) is 13.8 Å². The van der Waals surface area contributed by atoms with Gasteiger partial charge in [0.05, 0.1) is 5.69 Å². The molecule has 0 saturated heterocycles. The minimum absolute atomic E-state index is 0.282. The topological polar surface area (TPSA) is 62.3 Å². The summed E-state index contributed by atoms with van der Waals surface area (Å²) in [4.78, 5) is 0. The quantitative estimate of drug-likeness (QED) is 0.834. The highest BCUT2D eigenvalue weighted by atomic mass is 16.7. The molecule has 5 heteroatoms. The number of aromatic nitrogens is 2. The van der Waals surface area contributed by atoms with Crippen LogP contribution in [0.15, 0.2) is 12.1 Å². The molecule has 1 aromatic heterocycles. The van der Waals surface area contributed by atoms with Gasteiger partial charge in [0, 0.05) is 18.2 Å². The first-order chi connectivity index (χ1) is 8.58. The molecule has 2 N–H and O–H groups in total. The number of fused-ring (bicyclic) bond motifs is 1. The molecule has 94 valence electrons. The van der Waals surface area contributed by atoms with Crippen molar-refractivity contribution < 1.29 is 9.47 Å². The third-order valence-corrected chi connectivity index (χ3v) is 3.30. The summed E-state index contributed by atoms with van der Waals surface area (Å²) < 4.78 is 12.6. The van der Waals surface area contributed by atoms with Crippen molar-refractivity contribution in [2.45, 2.75) is 13.8 Å². The monoisotopic (exact) mass is 245 g/mol. The number of nitrogens with two attached hydrogens (primary N) is 1. The van der Waals surface area contributed by atoms with Gasteiger partial charge in [-0.25, -0.2) is 0 Å². The van der Waals surface area contributed by atoms with Crippen molar-refractivity contribution in [1.29, 1.82) is 0 Å². The maximum absolute atomic E-state index is 5.85. The van der Waals surface area contributed by atoms with Crippen LogP contribution in [-0.4, -0.2) is 16.6 Å². The molecule has 0 fully saturated rings. The van der Waals surface area contributed by atoms with Gasteiger partial charge in [-0.05, 0) is 31.5 Å². The van der Waals surface area contributed by atoms with Gasteiger partial charge in [-0.1, -0.05) is 0 Å². The van der Waals surface area contributed by atoms with E-state index in [1.165, 1.54) is 0 Å². The van der Waals surface area contributed by atoms with E-state index in [9.17, 15) is 0 Å². The predicted molar refractivity (Wildman–Crippen MR) is 68.7 cm³/mol. The van der Waals surface area contributed by atoms with Crippen LogP contribution in [0.5, 0.6) is 11.5 Å². The fraction of sp³-hybridized carbons (Fsp3) is 0.308. The number of ether oxygens (including phenoxy) is 2. The maximum Gasteiger partial charge on any atom is 0.231 e. The molecule has 0 spiro atoms. The lowest BCUT2D eigenvalue weighted by molar-refractivity contribution is 0.174. The van der Waals surface area contributed by atoms with E-state index in [1.54, 1.807) is 4.68 Å². The van der Waals surface area contributed by atoms with Crippen LogP contribution in [0.25, 0.3) is 11.3 Å². The van der Waals surface area contributed by atoms with Gasteiger partial charge in [0.2, 0.25) is 6.79 Å². The van der Waals surface area contributed by atoms with E-state index in [0.29, 0.717) is 5.82 Å². The smallest absolute Gasteiger partial charge is 0.231 e. The second-order valence-electron chi connectivity index (χ2n) is 4.50. The average molecular weight is 245 g/mol. The summed E-state index contributed by atoms with van der Waals surface area (Å²) in [6.07, 6.45) is 0. The van der Waals surface area contributed by atoms with Crippen LogP contribution < -0.4 is 15.2 Å². The highest BCUT2D eigenvalue weighted by molar-refractivity contribution is 5.74. The van der Waals surface area contributed by atoms with Crippen molar-refractivity contribution in [3.8, 4) is 22.8 Å².